The number of benzene rings is 2. The van der Waals surface area contributed by atoms with Gasteiger partial charge in [-0.15, -0.1) is 0 Å². The van der Waals surface area contributed by atoms with Crippen molar-refractivity contribution in [3.8, 4) is 0 Å². The van der Waals surface area contributed by atoms with Gasteiger partial charge in [-0.05, 0) is 17.5 Å². The molecule has 2 fully saturated rings. The highest BCUT2D eigenvalue weighted by atomic mass is 16.2. The molecule has 0 saturated carbocycles. The third-order valence-electron chi connectivity index (χ3n) is 6.48. The third kappa shape index (κ3) is 4.77. The lowest BCUT2D eigenvalue weighted by molar-refractivity contribution is -0.190. The second-order valence-electron chi connectivity index (χ2n) is 8.70. The monoisotopic (exact) mass is 463 g/mol. The number of hydrazine groups is 1. The Kier molecular flexibility index (Phi) is 7.47. The topological polar surface area (TPSA) is 76.2 Å². The average Bonchev–Trinajstić information content (AvgIpc) is 2.87. The molecule has 0 aliphatic carbocycles. The predicted octanol–water partition coefficient (Wildman–Crippen LogP) is 2.99. The molecule has 2 saturated heterocycles. The molecule has 2 aliphatic heterocycles. The van der Waals surface area contributed by atoms with E-state index in [1.807, 2.05) is 72.5 Å². The first-order valence-corrected chi connectivity index (χ1v) is 12.1. The molecular weight excluding hydrogens is 430 g/mol. The number of fused-ring (bicyclic) bond motifs is 1. The van der Waals surface area contributed by atoms with E-state index in [2.05, 4.69) is 12.2 Å². The number of urea groups is 1. The number of carbonyl (C=O) groups excluding carboxylic acids is 3. The number of rotatable bonds is 7. The van der Waals surface area contributed by atoms with Gasteiger partial charge in [0.15, 0.2) is 0 Å². The van der Waals surface area contributed by atoms with Crippen molar-refractivity contribution in [1.82, 2.24) is 25.1 Å². The standard InChI is InChI=1S/C26H33N5O3/c1-3-5-16-28-18-22-30(24(25(28)33)21-14-10-7-11-15-21)23(32)19-29(4-2)31(22)26(34)27-17-20-12-8-6-9-13-20/h6-15,22,24H,3-5,16-19H2,1-2H3,(H,27,34)/t22-,24-/m0/s1. The van der Waals surface area contributed by atoms with E-state index in [0.717, 1.165) is 24.0 Å². The fraction of sp³-hybridized carbons (Fsp3) is 0.423. The van der Waals surface area contributed by atoms with Gasteiger partial charge in [0, 0.05) is 19.6 Å². The molecule has 2 aromatic carbocycles. The van der Waals surface area contributed by atoms with Crippen molar-refractivity contribution < 1.29 is 14.4 Å². The smallest absolute Gasteiger partial charge is 0.334 e. The molecule has 1 N–H and O–H groups in total. The van der Waals surface area contributed by atoms with Crippen LogP contribution < -0.4 is 5.32 Å². The van der Waals surface area contributed by atoms with Crippen molar-refractivity contribution in [3.63, 3.8) is 0 Å². The number of hydrogen-bond donors (Lipinski definition) is 1. The van der Waals surface area contributed by atoms with Crippen molar-refractivity contribution in [2.75, 3.05) is 26.2 Å². The zero-order valence-electron chi connectivity index (χ0n) is 19.9. The van der Waals surface area contributed by atoms with Gasteiger partial charge in [-0.1, -0.05) is 80.9 Å². The lowest BCUT2D eigenvalue weighted by atomic mass is 9.98. The lowest BCUT2D eigenvalue weighted by Crippen LogP contribution is -2.74. The SMILES string of the molecule is CCCCN1C[C@H]2N(C(=O)CN(CC)N2C(=O)NCc2ccccc2)[C@@H](c2ccccc2)C1=O. The highest BCUT2D eigenvalue weighted by molar-refractivity contribution is 5.92. The van der Waals surface area contributed by atoms with Crippen LogP contribution in [0.5, 0.6) is 0 Å². The number of piperazine rings is 1. The number of carbonyl (C=O) groups is 3. The number of amides is 4. The van der Waals surface area contributed by atoms with Gasteiger partial charge in [-0.2, -0.15) is 0 Å². The van der Waals surface area contributed by atoms with Crippen LogP contribution in [-0.4, -0.2) is 70.0 Å². The van der Waals surface area contributed by atoms with E-state index in [-0.39, 0.29) is 24.4 Å². The molecular formula is C26H33N5O3. The minimum Gasteiger partial charge on any atom is -0.337 e. The number of unbranched alkanes of at least 4 members (excludes halogenated alkanes) is 1. The first-order chi connectivity index (χ1) is 16.5. The summed E-state index contributed by atoms with van der Waals surface area (Å²) in [6, 6.07) is 18.1. The third-order valence-corrected chi connectivity index (χ3v) is 6.48. The van der Waals surface area contributed by atoms with Gasteiger partial charge < -0.3 is 15.1 Å². The minimum absolute atomic E-state index is 0.0529. The Balaban J connectivity index is 1.67. The van der Waals surface area contributed by atoms with E-state index in [4.69, 9.17) is 0 Å². The molecule has 0 aromatic heterocycles. The van der Waals surface area contributed by atoms with Crippen LogP contribution in [0.1, 0.15) is 43.9 Å². The van der Waals surface area contributed by atoms with Crippen molar-refractivity contribution in [2.24, 2.45) is 0 Å². The summed E-state index contributed by atoms with van der Waals surface area (Å²) in [6.07, 6.45) is 1.25. The van der Waals surface area contributed by atoms with E-state index in [0.29, 0.717) is 26.2 Å². The summed E-state index contributed by atoms with van der Waals surface area (Å²) in [4.78, 5) is 43.8. The maximum Gasteiger partial charge on any atom is 0.334 e. The van der Waals surface area contributed by atoms with Crippen molar-refractivity contribution in [2.45, 2.75) is 45.4 Å². The van der Waals surface area contributed by atoms with Crippen LogP contribution in [0, 0.1) is 0 Å². The summed E-state index contributed by atoms with van der Waals surface area (Å²) in [5.41, 5.74) is 1.76. The van der Waals surface area contributed by atoms with E-state index in [1.54, 1.807) is 14.9 Å². The maximum absolute atomic E-state index is 13.6. The van der Waals surface area contributed by atoms with Crippen LogP contribution in [0.15, 0.2) is 60.7 Å². The van der Waals surface area contributed by atoms with Crippen molar-refractivity contribution in [3.05, 3.63) is 71.8 Å². The summed E-state index contributed by atoms with van der Waals surface area (Å²) < 4.78 is 0. The Morgan fingerprint density at radius 1 is 1.00 bits per heavy atom. The average molecular weight is 464 g/mol. The molecule has 8 nitrogen and oxygen atoms in total. The Labute approximate surface area is 201 Å². The molecule has 0 spiro atoms. The first kappa shape index (κ1) is 23.8. The highest BCUT2D eigenvalue weighted by Gasteiger charge is 2.51. The maximum atomic E-state index is 13.6. The van der Waals surface area contributed by atoms with Crippen LogP contribution in [0.25, 0.3) is 0 Å². The zero-order chi connectivity index (χ0) is 24.1. The van der Waals surface area contributed by atoms with E-state index in [9.17, 15) is 14.4 Å². The second kappa shape index (κ2) is 10.7. The number of hydrogen-bond acceptors (Lipinski definition) is 4. The van der Waals surface area contributed by atoms with Crippen molar-refractivity contribution >= 4 is 17.8 Å². The van der Waals surface area contributed by atoms with Gasteiger partial charge in [0.25, 0.3) is 0 Å². The minimum atomic E-state index is -0.743. The van der Waals surface area contributed by atoms with Gasteiger partial charge in [-0.3, -0.25) is 9.59 Å². The summed E-state index contributed by atoms with van der Waals surface area (Å²) in [7, 11) is 0. The van der Waals surface area contributed by atoms with E-state index in [1.165, 1.54) is 0 Å². The predicted molar refractivity (Wildman–Crippen MR) is 129 cm³/mol. The normalized spacial score (nSPS) is 20.9. The molecule has 8 heteroatoms. The zero-order valence-corrected chi connectivity index (χ0v) is 19.9. The number of nitrogens with zero attached hydrogens (tertiary/aromatic N) is 4. The molecule has 180 valence electrons. The molecule has 34 heavy (non-hydrogen) atoms. The van der Waals surface area contributed by atoms with Gasteiger partial charge in [0.05, 0.1) is 13.1 Å². The molecule has 4 amide bonds. The van der Waals surface area contributed by atoms with Crippen LogP contribution in [0.4, 0.5) is 4.79 Å². The van der Waals surface area contributed by atoms with Gasteiger partial charge in [-0.25, -0.2) is 14.8 Å². The highest BCUT2D eigenvalue weighted by Crippen LogP contribution is 2.34. The molecule has 4 rings (SSSR count). The Morgan fingerprint density at radius 2 is 1.68 bits per heavy atom. The fourth-order valence-electron chi connectivity index (χ4n) is 4.72. The first-order valence-electron chi connectivity index (χ1n) is 12.1. The van der Waals surface area contributed by atoms with E-state index >= 15 is 0 Å². The molecule has 2 aromatic rings. The van der Waals surface area contributed by atoms with Gasteiger partial charge in [0.2, 0.25) is 11.8 Å². The summed E-state index contributed by atoms with van der Waals surface area (Å²) in [6.45, 7) is 5.85. The van der Waals surface area contributed by atoms with Gasteiger partial charge >= 0.3 is 6.03 Å². The molecule has 0 unspecified atom stereocenters. The largest absolute Gasteiger partial charge is 0.337 e. The van der Waals surface area contributed by atoms with Crippen LogP contribution >= 0.6 is 0 Å². The Morgan fingerprint density at radius 3 is 2.32 bits per heavy atom. The summed E-state index contributed by atoms with van der Waals surface area (Å²) in [5.74, 6) is -0.227. The van der Waals surface area contributed by atoms with Crippen LogP contribution in [-0.2, 0) is 16.1 Å². The van der Waals surface area contributed by atoms with E-state index < -0.39 is 12.2 Å². The Bertz CT molecular complexity index is 1000. The molecule has 2 heterocycles. The second-order valence-corrected chi connectivity index (χ2v) is 8.70. The van der Waals surface area contributed by atoms with Crippen LogP contribution in [0.3, 0.4) is 0 Å². The molecule has 2 atom stereocenters. The molecule has 0 bridgehead atoms. The number of nitrogens with one attached hydrogen (secondary N) is 1. The molecule has 0 radical (unpaired) electrons. The number of likely N-dealkylation sites (N-methyl/N-ethyl adjacent to an activating group) is 1. The Hall–Kier alpha value is -3.39. The fourth-order valence-corrected chi connectivity index (χ4v) is 4.72. The summed E-state index contributed by atoms with van der Waals surface area (Å²) in [5, 5.41) is 6.43. The summed E-state index contributed by atoms with van der Waals surface area (Å²) >= 11 is 0. The molecule has 2 aliphatic rings. The van der Waals surface area contributed by atoms with Gasteiger partial charge in [0.1, 0.15) is 12.2 Å². The van der Waals surface area contributed by atoms with Crippen molar-refractivity contribution in [1.29, 1.82) is 0 Å². The lowest BCUT2D eigenvalue weighted by Gasteiger charge is -2.55. The quantitative estimate of drug-likeness (QED) is 0.685. The van der Waals surface area contributed by atoms with Crippen LogP contribution in [0.2, 0.25) is 0 Å².